The SMILES string of the molecule is Cc1ccc(NC(=O)COC(=O)c2ccccc2O)cc1. The van der Waals surface area contributed by atoms with Gasteiger partial charge in [0, 0.05) is 5.69 Å². The normalized spacial score (nSPS) is 9.95. The average molecular weight is 285 g/mol. The molecular formula is C16H15NO4. The van der Waals surface area contributed by atoms with Crippen LogP contribution in [0.4, 0.5) is 5.69 Å². The van der Waals surface area contributed by atoms with Gasteiger partial charge in [-0.1, -0.05) is 29.8 Å². The Balaban J connectivity index is 1.88. The summed E-state index contributed by atoms with van der Waals surface area (Å²) in [7, 11) is 0. The van der Waals surface area contributed by atoms with Gasteiger partial charge in [0.25, 0.3) is 5.91 Å². The number of hydrogen-bond acceptors (Lipinski definition) is 4. The number of phenols is 1. The lowest BCUT2D eigenvalue weighted by molar-refractivity contribution is -0.119. The van der Waals surface area contributed by atoms with Gasteiger partial charge < -0.3 is 15.2 Å². The molecule has 0 spiro atoms. The quantitative estimate of drug-likeness (QED) is 0.846. The summed E-state index contributed by atoms with van der Waals surface area (Å²) >= 11 is 0. The molecule has 0 heterocycles. The molecule has 0 saturated carbocycles. The summed E-state index contributed by atoms with van der Waals surface area (Å²) in [5, 5.41) is 12.1. The van der Waals surface area contributed by atoms with Gasteiger partial charge in [-0.3, -0.25) is 4.79 Å². The van der Waals surface area contributed by atoms with Crippen molar-refractivity contribution in [3.8, 4) is 5.75 Å². The maximum atomic E-state index is 11.7. The Morgan fingerprint density at radius 3 is 2.43 bits per heavy atom. The standard InChI is InChI=1S/C16H15NO4/c1-11-6-8-12(9-7-11)17-15(19)10-21-16(20)13-4-2-3-5-14(13)18/h2-9,18H,10H2,1H3,(H,17,19). The predicted molar refractivity (Wildman–Crippen MR) is 78.2 cm³/mol. The molecule has 2 aromatic rings. The van der Waals surface area contributed by atoms with E-state index in [4.69, 9.17) is 4.74 Å². The molecule has 0 radical (unpaired) electrons. The molecule has 0 unspecified atom stereocenters. The van der Waals surface area contributed by atoms with Gasteiger partial charge in [-0.25, -0.2) is 4.79 Å². The van der Waals surface area contributed by atoms with Crippen molar-refractivity contribution in [2.75, 3.05) is 11.9 Å². The molecule has 0 aliphatic rings. The zero-order valence-electron chi connectivity index (χ0n) is 11.5. The lowest BCUT2D eigenvalue weighted by Crippen LogP contribution is -2.20. The molecule has 2 N–H and O–H groups in total. The lowest BCUT2D eigenvalue weighted by Gasteiger charge is -2.07. The third-order valence-electron chi connectivity index (χ3n) is 2.79. The molecule has 0 bridgehead atoms. The zero-order valence-corrected chi connectivity index (χ0v) is 11.5. The second-order valence-corrected chi connectivity index (χ2v) is 4.51. The van der Waals surface area contributed by atoms with E-state index in [0.717, 1.165) is 5.56 Å². The van der Waals surface area contributed by atoms with Crippen LogP contribution in [0.5, 0.6) is 5.75 Å². The zero-order chi connectivity index (χ0) is 15.2. The number of aryl methyl sites for hydroxylation is 1. The van der Waals surface area contributed by atoms with Crippen molar-refractivity contribution >= 4 is 17.6 Å². The molecule has 1 amide bonds. The fourth-order valence-corrected chi connectivity index (χ4v) is 1.69. The number of esters is 1. The molecule has 0 fully saturated rings. The number of aromatic hydroxyl groups is 1. The first-order chi connectivity index (χ1) is 10.1. The first-order valence-electron chi connectivity index (χ1n) is 6.38. The summed E-state index contributed by atoms with van der Waals surface area (Å²) in [5.41, 5.74) is 1.74. The molecule has 0 aliphatic carbocycles. The van der Waals surface area contributed by atoms with Crippen LogP contribution in [0, 0.1) is 6.92 Å². The number of carbonyl (C=O) groups excluding carboxylic acids is 2. The van der Waals surface area contributed by atoms with Crippen molar-refractivity contribution in [1.29, 1.82) is 0 Å². The average Bonchev–Trinajstić information content (AvgIpc) is 2.48. The number of carbonyl (C=O) groups is 2. The third-order valence-corrected chi connectivity index (χ3v) is 2.79. The summed E-state index contributed by atoms with van der Waals surface area (Å²) in [4.78, 5) is 23.4. The Hall–Kier alpha value is -2.82. The molecule has 2 aromatic carbocycles. The highest BCUT2D eigenvalue weighted by Crippen LogP contribution is 2.16. The summed E-state index contributed by atoms with van der Waals surface area (Å²) in [6.07, 6.45) is 0. The van der Waals surface area contributed by atoms with Gasteiger partial charge >= 0.3 is 5.97 Å². The molecule has 0 saturated heterocycles. The van der Waals surface area contributed by atoms with Crippen LogP contribution in [0.2, 0.25) is 0 Å². The Bertz CT molecular complexity index is 650. The topological polar surface area (TPSA) is 75.6 Å². The van der Waals surface area contributed by atoms with Crippen molar-refractivity contribution in [1.82, 2.24) is 0 Å². The number of ether oxygens (including phenoxy) is 1. The van der Waals surface area contributed by atoms with Crippen LogP contribution in [0.1, 0.15) is 15.9 Å². The molecule has 108 valence electrons. The number of benzene rings is 2. The summed E-state index contributed by atoms with van der Waals surface area (Å²) < 4.78 is 4.86. The predicted octanol–water partition coefficient (Wildman–Crippen LogP) is 2.50. The first kappa shape index (κ1) is 14.6. The summed E-state index contributed by atoms with van der Waals surface area (Å²) in [6, 6.07) is 13.3. The van der Waals surface area contributed by atoms with Gasteiger partial charge in [-0.15, -0.1) is 0 Å². The van der Waals surface area contributed by atoms with Crippen LogP contribution >= 0.6 is 0 Å². The van der Waals surface area contributed by atoms with E-state index in [1.54, 1.807) is 24.3 Å². The minimum absolute atomic E-state index is 0.0284. The van der Waals surface area contributed by atoms with Crippen LogP contribution in [0.15, 0.2) is 48.5 Å². The fourth-order valence-electron chi connectivity index (χ4n) is 1.69. The number of hydrogen-bond donors (Lipinski definition) is 2. The monoisotopic (exact) mass is 285 g/mol. The van der Waals surface area contributed by atoms with E-state index in [9.17, 15) is 14.7 Å². The van der Waals surface area contributed by atoms with Crippen LogP contribution in [0.25, 0.3) is 0 Å². The highest BCUT2D eigenvalue weighted by Gasteiger charge is 2.13. The second kappa shape index (κ2) is 6.56. The lowest BCUT2D eigenvalue weighted by atomic mass is 10.2. The van der Waals surface area contributed by atoms with Crippen molar-refractivity contribution < 1.29 is 19.4 Å². The molecule has 5 heteroatoms. The fraction of sp³-hybridized carbons (Fsp3) is 0.125. The van der Waals surface area contributed by atoms with Gasteiger partial charge in [0.1, 0.15) is 11.3 Å². The molecule has 0 aromatic heterocycles. The first-order valence-corrected chi connectivity index (χ1v) is 6.38. The van der Waals surface area contributed by atoms with Crippen molar-refractivity contribution in [3.63, 3.8) is 0 Å². The van der Waals surface area contributed by atoms with E-state index in [-0.39, 0.29) is 11.3 Å². The van der Waals surface area contributed by atoms with E-state index in [1.807, 2.05) is 19.1 Å². The minimum atomic E-state index is -0.743. The molecule has 21 heavy (non-hydrogen) atoms. The largest absolute Gasteiger partial charge is 0.507 e. The summed E-state index contributed by atoms with van der Waals surface area (Å²) in [5.74, 6) is -1.36. The van der Waals surface area contributed by atoms with Crippen molar-refractivity contribution in [2.24, 2.45) is 0 Å². The van der Waals surface area contributed by atoms with E-state index in [1.165, 1.54) is 12.1 Å². The van der Waals surface area contributed by atoms with E-state index >= 15 is 0 Å². The van der Waals surface area contributed by atoms with Gasteiger partial charge in [-0.2, -0.15) is 0 Å². The minimum Gasteiger partial charge on any atom is -0.507 e. The number of amides is 1. The number of rotatable bonds is 4. The van der Waals surface area contributed by atoms with Crippen LogP contribution in [-0.2, 0) is 9.53 Å². The van der Waals surface area contributed by atoms with Crippen LogP contribution < -0.4 is 5.32 Å². The van der Waals surface area contributed by atoms with Crippen LogP contribution in [-0.4, -0.2) is 23.6 Å². The second-order valence-electron chi connectivity index (χ2n) is 4.51. The van der Waals surface area contributed by atoms with Crippen molar-refractivity contribution in [3.05, 3.63) is 59.7 Å². The van der Waals surface area contributed by atoms with Crippen LogP contribution in [0.3, 0.4) is 0 Å². The van der Waals surface area contributed by atoms with E-state index in [2.05, 4.69) is 5.32 Å². The van der Waals surface area contributed by atoms with Crippen molar-refractivity contribution in [2.45, 2.75) is 6.92 Å². The molecule has 5 nitrogen and oxygen atoms in total. The van der Waals surface area contributed by atoms with Gasteiger partial charge in [0.15, 0.2) is 6.61 Å². The number of para-hydroxylation sites is 1. The Labute approximate surface area is 122 Å². The summed E-state index contributed by atoms with van der Waals surface area (Å²) in [6.45, 7) is 1.53. The van der Waals surface area contributed by atoms with E-state index < -0.39 is 18.5 Å². The molecule has 0 atom stereocenters. The molecule has 2 rings (SSSR count). The molecular weight excluding hydrogens is 270 g/mol. The highest BCUT2D eigenvalue weighted by molar-refractivity contribution is 5.96. The van der Waals surface area contributed by atoms with Gasteiger partial charge in [-0.05, 0) is 31.2 Å². The Kier molecular flexibility index (Phi) is 4.56. The smallest absolute Gasteiger partial charge is 0.342 e. The number of nitrogens with one attached hydrogen (secondary N) is 1. The highest BCUT2D eigenvalue weighted by atomic mass is 16.5. The van der Waals surface area contributed by atoms with Gasteiger partial charge in [0.05, 0.1) is 0 Å². The Morgan fingerprint density at radius 1 is 1.10 bits per heavy atom. The maximum Gasteiger partial charge on any atom is 0.342 e. The maximum absolute atomic E-state index is 11.7. The third kappa shape index (κ3) is 4.07. The number of phenolic OH excluding ortho intramolecular Hbond substituents is 1. The Morgan fingerprint density at radius 2 is 1.76 bits per heavy atom. The van der Waals surface area contributed by atoms with E-state index in [0.29, 0.717) is 5.69 Å². The number of anilines is 1. The molecule has 0 aliphatic heterocycles. The van der Waals surface area contributed by atoms with Gasteiger partial charge in [0.2, 0.25) is 0 Å².